The molecule has 12 aromatic rings. The van der Waals surface area contributed by atoms with Crippen LogP contribution in [0.15, 0.2) is 241 Å². The Kier molecular flexibility index (Phi) is 11.2. The molecular weight excluding hydrogens is 957 g/mol. The van der Waals surface area contributed by atoms with Crippen LogP contribution in [0.5, 0.6) is 0 Å². The molecule has 0 saturated carbocycles. The highest BCUT2D eigenvalue weighted by atomic mass is 32.2. The van der Waals surface area contributed by atoms with Crippen molar-refractivity contribution >= 4 is 45.9 Å². The van der Waals surface area contributed by atoms with Crippen molar-refractivity contribution in [2.45, 2.75) is 16.2 Å². The summed E-state index contributed by atoms with van der Waals surface area (Å²) >= 11 is 1.76. The van der Waals surface area contributed by atoms with Gasteiger partial charge in [-0.1, -0.05) is 96.7 Å². The first kappa shape index (κ1) is 44.6. The quantitative estimate of drug-likeness (QED) is 0.136. The van der Waals surface area contributed by atoms with Gasteiger partial charge < -0.3 is 9.80 Å². The number of aromatic nitrogens is 10. The van der Waals surface area contributed by atoms with Crippen LogP contribution in [0.2, 0.25) is 0 Å². The van der Waals surface area contributed by atoms with E-state index in [1.54, 1.807) is 48.9 Å². The van der Waals surface area contributed by atoms with Gasteiger partial charge in [0, 0.05) is 98.4 Å². The van der Waals surface area contributed by atoms with E-state index in [-0.39, 0.29) is 0 Å². The number of rotatable bonds is 9. The first-order valence-electron chi connectivity index (χ1n) is 24.7. The number of benzene rings is 6. The van der Waals surface area contributed by atoms with E-state index in [9.17, 15) is 0 Å². The first-order valence-corrected chi connectivity index (χ1v) is 25.6. The van der Waals surface area contributed by atoms with Gasteiger partial charge in [-0.2, -0.15) is 0 Å². The molecule has 0 spiro atoms. The van der Waals surface area contributed by atoms with Gasteiger partial charge in [0.15, 0.2) is 34.9 Å². The Morgan fingerprint density at radius 3 is 1.21 bits per heavy atom. The summed E-state index contributed by atoms with van der Waals surface area (Å²) < 4.78 is 0. The summed E-state index contributed by atoms with van der Waals surface area (Å²) in [6.45, 7) is 0. The van der Waals surface area contributed by atoms with Gasteiger partial charge in [0.25, 0.3) is 0 Å². The molecule has 13 heteroatoms. The topological polar surface area (TPSA) is 135 Å². The minimum atomic E-state index is 0.419. The third-order valence-corrected chi connectivity index (χ3v) is 14.6. The number of hydrogen-bond donors (Lipinski definition) is 0. The summed E-state index contributed by atoms with van der Waals surface area (Å²) in [5.41, 5.74) is 14.4. The molecule has 0 bridgehead atoms. The third kappa shape index (κ3) is 8.17. The zero-order chi connectivity index (χ0) is 50.4. The molecule has 0 unspecified atom stereocenters. The lowest BCUT2D eigenvalue weighted by atomic mass is 9.91. The summed E-state index contributed by atoms with van der Waals surface area (Å²) in [4.78, 5) is 56.7. The number of nitrogens with zero attached hydrogens (tertiary/aromatic N) is 12. The predicted molar refractivity (Wildman–Crippen MR) is 299 cm³/mol. The summed E-state index contributed by atoms with van der Waals surface area (Å²) in [6, 6.07) is 66.4. The normalized spacial score (nSPS) is 12.3. The largest absolute Gasteiger partial charge is 0.310 e. The van der Waals surface area contributed by atoms with E-state index in [0.29, 0.717) is 46.3 Å². The molecule has 0 atom stereocenters. The van der Waals surface area contributed by atoms with Crippen LogP contribution >= 0.6 is 11.8 Å². The van der Waals surface area contributed by atoms with Crippen LogP contribution in [-0.4, -0.2) is 49.8 Å². The summed E-state index contributed by atoms with van der Waals surface area (Å²) in [6.07, 6.45) is 11.3. The number of fused-ring (bicyclic) bond motifs is 4. The minimum absolute atomic E-state index is 0.419. The Hall–Kier alpha value is -10.1. The molecule has 0 saturated heterocycles. The van der Waals surface area contributed by atoms with Crippen LogP contribution < -0.4 is 9.80 Å². The molecule has 6 aromatic heterocycles. The standard InChI is InChI=1S/C63H40N12S/c1-3-21-52-40(15-1)35-41-16-2-4-22-53(41)74(52)44-27-29-46(48(36-44)60-68-58(42-17-13-31-64-38-42)70-62(72-60)50-19-9-11-33-66-50)47-30-28-45(75-54-23-5-7-25-56(54)76-57-26-8-6-24-55(57)75)37-49(47)61-69-59(43-18-14-32-65-39-43)71-63(73-61)51-20-10-12-34-67-51/h1-34,36-39H,35H2. The van der Waals surface area contributed by atoms with Crippen molar-refractivity contribution in [2.24, 2.45) is 0 Å². The Morgan fingerprint density at radius 1 is 0.329 bits per heavy atom. The van der Waals surface area contributed by atoms with Gasteiger partial charge >= 0.3 is 0 Å². The molecule has 0 radical (unpaired) electrons. The first-order chi connectivity index (χ1) is 37.7. The highest BCUT2D eigenvalue weighted by molar-refractivity contribution is 7.99. The second kappa shape index (κ2) is 19.1. The Balaban J connectivity index is 1.07. The summed E-state index contributed by atoms with van der Waals surface area (Å²) in [5.74, 6) is 2.63. The molecule has 2 aliphatic heterocycles. The number of hydrogen-bond acceptors (Lipinski definition) is 13. The molecule has 358 valence electrons. The molecule has 2 aliphatic rings. The number of pyridine rings is 4. The van der Waals surface area contributed by atoms with Gasteiger partial charge in [-0.15, -0.1) is 0 Å². The molecule has 8 heterocycles. The number of para-hydroxylation sites is 4. The lowest BCUT2D eigenvalue weighted by Gasteiger charge is -2.34. The van der Waals surface area contributed by atoms with Gasteiger partial charge in [0.05, 0.1) is 11.4 Å². The van der Waals surface area contributed by atoms with E-state index in [0.717, 1.165) is 83.7 Å². The molecule has 12 nitrogen and oxygen atoms in total. The highest BCUT2D eigenvalue weighted by Crippen LogP contribution is 2.53. The van der Waals surface area contributed by atoms with Crippen LogP contribution in [0.1, 0.15) is 11.1 Å². The van der Waals surface area contributed by atoms with Crippen LogP contribution in [0.25, 0.3) is 79.7 Å². The van der Waals surface area contributed by atoms with E-state index in [1.165, 1.54) is 11.1 Å². The molecule has 14 rings (SSSR count). The fourth-order valence-electron chi connectivity index (χ4n) is 10.00. The van der Waals surface area contributed by atoms with Gasteiger partial charge in [-0.05, 0) is 131 Å². The van der Waals surface area contributed by atoms with Crippen LogP contribution in [-0.2, 0) is 6.42 Å². The minimum Gasteiger partial charge on any atom is -0.310 e. The molecule has 0 amide bonds. The van der Waals surface area contributed by atoms with E-state index < -0.39 is 0 Å². The van der Waals surface area contributed by atoms with Crippen LogP contribution in [0, 0.1) is 0 Å². The lowest BCUT2D eigenvalue weighted by Crippen LogP contribution is -2.18. The van der Waals surface area contributed by atoms with Gasteiger partial charge in [0.2, 0.25) is 0 Å². The fourth-order valence-corrected chi connectivity index (χ4v) is 11.1. The van der Waals surface area contributed by atoms with Crippen molar-refractivity contribution in [1.82, 2.24) is 49.8 Å². The van der Waals surface area contributed by atoms with Crippen LogP contribution in [0.3, 0.4) is 0 Å². The van der Waals surface area contributed by atoms with Crippen molar-refractivity contribution in [2.75, 3.05) is 9.80 Å². The van der Waals surface area contributed by atoms with Crippen molar-refractivity contribution in [1.29, 1.82) is 0 Å². The maximum atomic E-state index is 5.34. The average Bonchev–Trinajstić information content (AvgIpc) is 3.51. The molecule has 76 heavy (non-hydrogen) atoms. The van der Waals surface area contributed by atoms with Gasteiger partial charge in [-0.25, -0.2) is 29.9 Å². The van der Waals surface area contributed by atoms with E-state index in [2.05, 4.69) is 153 Å². The maximum Gasteiger partial charge on any atom is 0.182 e. The lowest BCUT2D eigenvalue weighted by molar-refractivity contribution is 1.05. The highest BCUT2D eigenvalue weighted by Gasteiger charge is 2.29. The van der Waals surface area contributed by atoms with Crippen LogP contribution in [0.4, 0.5) is 34.1 Å². The smallest absolute Gasteiger partial charge is 0.182 e. The fraction of sp³-hybridized carbons (Fsp3) is 0.0159. The maximum absolute atomic E-state index is 5.34. The zero-order valence-electron chi connectivity index (χ0n) is 40.4. The average molecular weight is 997 g/mol. The van der Waals surface area contributed by atoms with Crippen molar-refractivity contribution in [3.63, 3.8) is 0 Å². The molecule has 6 aromatic carbocycles. The molecular formula is C63H40N12S. The second-order valence-electron chi connectivity index (χ2n) is 18.1. The number of anilines is 6. The van der Waals surface area contributed by atoms with Gasteiger partial charge in [-0.3, -0.25) is 19.9 Å². The Bertz CT molecular complexity index is 3670. The Labute approximate surface area is 441 Å². The van der Waals surface area contributed by atoms with E-state index in [1.807, 2.05) is 60.7 Å². The van der Waals surface area contributed by atoms with Gasteiger partial charge in [0.1, 0.15) is 11.4 Å². The molecule has 0 aliphatic carbocycles. The second-order valence-corrected chi connectivity index (χ2v) is 19.2. The zero-order valence-corrected chi connectivity index (χ0v) is 41.2. The van der Waals surface area contributed by atoms with Crippen molar-refractivity contribution < 1.29 is 0 Å². The monoisotopic (exact) mass is 996 g/mol. The van der Waals surface area contributed by atoms with E-state index >= 15 is 0 Å². The molecule has 0 N–H and O–H groups in total. The summed E-state index contributed by atoms with van der Waals surface area (Å²) in [5, 5.41) is 0. The van der Waals surface area contributed by atoms with E-state index in [4.69, 9.17) is 39.9 Å². The SMILES string of the molecule is c1ccc(-c2nc(-c3cccnc3)nc(-c3cc(N4c5ccccc5Cc5ccccc54)ccc3-c3ccc(N4c5ccccc5Sc5ccccc54)cc3-c3nc(-c4cccnc4)nc(-c4ccccn4)n3)n2)nc1. The van der Waals surface area contributed by atoms with Crippen molar-refractivity contribution in [3.05, 3.63) is 242 Å². The summed E-state index contributed by atoms with van der Waals surface area (Å²) in [7, 11) is 0. The Morgan fingerprint density at radius 2 is 0.750 bits per heavy atom. The predicted octanol–water partition coefficient (Wildman–Crippen LogP) is 14.6. The van der Waals surface area contributed by atoms with Crippen molar-refractivity contribution in [3.8, 4) is 79.7 Å². The molecule has 0 fully saturated rings. The third-order valence-electron chi connectivity index (χ3n) is 13.5.